The van der Waals surface area contributed by atoms with Gasteiger partial charge in [0.1, 0.15) is 12.4 Å². The van der Waals surface area contributed by atoms with Crippen LogP contribution in [0.4, 0.5) is 14.5 Å². The molecule has 94 valence electrons. The SMILES string of the molecule is COC(=O)CN(C)c1cc(F)c(OC)cc1F. The molecule has 0 radical (unpaired) electrons. The summed E-state index contributed by atoms with van der Waals surface area (Å²) in [5, 5.41) is 0. The Morgan fingerprint density at radius 3 is 2.47 bits per heavy atom. The number of ether oxygens (including phenoxy) is 2. The molecule has 0 aliphatic carbocycles. The monoisotopic (exact) mass is 245 g/mol. The van der Waals surface area contributed by atoms with Crippen molar-refractivity contribution in [3.05, 3.63) is 23.8 Å². The van der Waals surface area contributed by atoms with Gasteiger partial charge in [0.05, 0.1) is 19.9 Å². The van der Waals surface area contributed by atoms with Gasteiger partial charge in [0.15, 0.2) is 11.6 Å². The van der Waals surface area contributed by atoms with Crippen molar-refractivity contribution in [1.29, 1.82) is 0 Å². The first-order valence-electron chi connectivity index (χ1n) is 4.80. The van der Waals surface area contributed by atoms with E-state index in [1.54, 1.807) is 0 Å². The van der Waals surface area contributed by atoms with Crippen molar-refractivity contribution in [2.45, 2.75) is 0 Å². The molecule has 0 fully saturated rings. The van der Waals surface area contributed by atoms with Gasteiger partial charge in [-0.3, -0.25) is 4.79 Å². The molecule has 0 saturated carbocycles. The van der Waals surface area contributed by atoms with E-state index in [4.69, 9.17) is 0 Å². The van der Waals surface area contributed by atoms with Crippen molar-refractivity contribution in [3.63, 3.8) is 0 Å². The Morgan fingerprint density at radius 1 is 1.29 bits per heavy atom. The predicted molar refractivity (Wildman–Crippen MR) is 58.2 cm³/mol. The molecular formula is C11H13F2NO3. The van der Waals surface area contributed by atoms with Gasteiger partial charge in [-0.1, -0.05) is 0 Å². The third kappa shape index (κ3) is 3.05. The minimum Gasteiger partial charge on any atom is -0.494 e. The van der Waals surface area contributed by atoms with Crippen molar-refractivity contribution in [3.8, 4) is 5.75 Å². The lowest BCUT2D eigenvalue weighted by Gasteiger charge is -2.19. The number of hydrogen-bond donors (Lipinski definition) is 0. The van der Waals surface area contributed by atoms with Gasteiger partial charge in [-0.15, -0.1) is 0 Å². The molecule has 0 aliphatic heterocycles. The molecule has 1 aromatic rings. The van der Waals surface area contributed by atoms with E-state index >= 15 is 0 Å². The highest BCUT2D eigenvalue weighted by molar-refractivity contribution is 5.75. The number of halogens is 2. The fourth-order valence-corrected chi connectivity index (χ4v) is 1.31. The van der Waals surface area contributed by atoms with E-state index in [0.717, 1.165) is 12.1 Å². The van der Waals surface area contributed by atoms with Crippen molar-refractivity contribution in [2.24, 2.45) is 0 Å². The minimum absolute atomic E-state index is 0.0336. The highest BCUT2D eigenvalue weighted by Gasteiger charge is 2.15. The van der Waals surface area contributed by atoms with Crippen LogP contribution in [0.25, 0.3) is 0 Å². The average molecular weight is 245 g/mol. The number of esters is 1. The summed E-state index contributed by atoms with van der Waals surface area (Å²) < 4.78 is 36.0. The summed E-state index contributed by atoms with van der Waals surface area (Å²) in [5.74, 6) is -2.09. The summed E-state index contributed by atoms with van der Waals surface area (Å²) in [5.41, 5.74) is -0.0336. The molecule has 17 heavy (non-hydrogen) atoms. The number of likely N-dealkylation sites (N-methyl/N-ethyl adjacent to an activating group) is 1. The van der Waals surface area contributed by atoms with Gasteiger partial charge in [-0.25, -0.2) is 8.78 Å². The van der Waals surface area contributed by atoms with Crippen LogP contribution in [-0.4, -0.2) is 33.8 Å². The van der Waals surface area contributed by atoms with Gasteiger partial charge < -0.3 is 14.4 Å². The smallest absolute Gasteiger partial charge is 0.325 e. The van der Waals surface area contributed by atoms with Crippen LogP contribution in [0, 0.1) is 11.6 Å². The number of hydrogen-bond acceptors (Lipinski definition) is 4. The zero-order valence-corrected chi connectivity index (χ0v) is 9.79. The second-order valence-corrected chi connectivity index (χ2v) is 3.37. The van der Waals surface area contributed by atoms with Crippen LogP contribution in [0.15, 0.2) is 12.1 Å². The lowest BCUT2D eigenvalue weighted by molar-refractivity contribution is -0.138. The minimum atomic E-state index is -0.694. The van der Waals surface area contributed by atoms with E-state index < -0.39 is 17.6 Å². The highest BCUT2D eigenvalue weighted by atomic mass is 19.1. The molecular weight excluding hydrogens is 232 g/mol. The standard InChI is InChI=1S/C11H13F2NO3/c1-14(6-11(15)17-3)9-4-8(13)10(16-2)5-7(9)12/h4-5H,6H2,1-3H3. The second kappa shape index (κ2) is 5.47. The summed E-state index contributed by atoms with van der Waals surface area (Å²) >= 11 is 0. The topological polar surface area (TPSA) is 38.8 Å². The van der Waals surface area contributed by atoms with E-state index in [1.807, 2.05) is 0 Å². The van der Waals surface area contributed by atoms with Crippen LogP contribution in [-0.2, 0) is 9.53 Å². The van der Waals surface area contributed by atoms with Crippen molar-refractivity contribution in [2.75, 3.05) is 32.7 Å². The Hall–Kier alpha value is -1.85. The van der Waals surface area contributed by atoms with E-state index in [-0.39, 0.29) is 18.0 Å². The number of carbonyl (C=O) groups is 1. The van der Waals surface area contributed by atoms with Gasteiger partial charge in [-0.05, 0) is 0 Å². The molecule has 1 aromatic carbocycles. The predicted octanol–water partition coefficient (Wildman–Crippen LogP) is 1.58. The van der Waals surface area contributed by atoms with Crippen molar-refractivity contribution >= 4 is 11.7 Å². The fourth-order valence-electron chi connectivity index (χ4n) is 1.31. The molecule has 0 saturated heterocycles. The van der Waals surface area contributed by atoms with Gasteiger partial charge in [-0.2, -0.15) is 0 Å². The fraction of sp³-hybridized carbons (Fsp3) is 0.364. The molecule has 0 atom stereocenters. The van der Waals surface area contributed by atoms with Gasteiger partial charge >= 0.3 is 5.97 Å². The Kier molecular flexibility index (Phi) is 4.25. The third-order valence-corrected chi connectivity index (χ3v) is 2.23. The Morgan fingerprint density at radius 2 is 1.94 bits per heavy atom. The largest absolute Gasteiger partial charge is 0.494 e. The first kappa shape index (κ1) is 13.2. The molecule has 0 aromatic heterocycles. The lowest BCUT2D eigenvalue weighted by Crippen LogP contribution is -2.27. The normalized spacial score (nSPS) is 9.94. The molecule has 4 nitrogen and oxygen atoms in total. The van der Waals surface area contributed by atoms with Crippen LogP contribution < -0.4 is 9.64 Å². The molecule has 0 N–H and O–H groups in total. The maximum atomic E-state index is 13.6. The summed E-state index contributed by atoms with van der Waals surface area (Å²) in [7, 11) is 3.93. The van der Waals surface area contributed by atoms with Crippen LogP contribution in [0.3, 0.4) is 0 Å². The zero-order chi connectivity index (χ0) is 13.0. The summed E-state index contributed by atoms with van der Waals surface area (Å²) in [4.78, 5) is 12.3. The molecule has 1 rings (SSSR count). The number of anilines is 1. The first-order chi connectivity index (χ1) is 7.99. The second-order valence-electron chi connectivity index (χ2n) is 3.37. The zero-order valence-electron chi connectivity index (χ0n) is 9.79. The van der Waals surface area contributed by atoms with Crippen molar-refractivity contribution < 1.29 is 23.0 Å². The maximum Gasteiger partial charge on any atom is 0.325 e. The molecule has 0 aliphatic rings. The number of methoxy groups -OCH3 is 2. The molecule has 0 spiro atoms. The van der Waals surface area contributed by atoms with Gasteiger partial charge in [0.25, 0.3) is 0 Å². The summed E-state index contributed by atoms with van der Waals surface area (Å²) in [6.07, 6.45) is 0. The quantitative estimate of drug-likeness (QED) is 0.755. The number of carbonyl (C=O) groups excluding carboxylic acids is 1. The van der Waals surface area contributed by atoms with E-state index in [9.17, 15) is 13.6 Å². The molecule has 6 heteroatoms. The first-order valence-corrected chi connectivity index (χ1v) is 4.80. The molecule has 0 amide bonds. The Bertz CT molecular complexity index is 423. The van der Waals surface area contributed by atoms with E-state index in [2.05, 4.69) is 9.47 Å². The van der Waals surface area contributed by atoms with Gasteiger partial charge in [0.2, 0.25) is 0 Å². The number of rotatable bonds is 4. The molecule has 0 bridgehead atoms. The van der Waals surface area contributed by atoms with Crippen LogP contribution in [0.5, 0.6) is 5.75 Å². The Labute approximate surface area is 97.7 Å². The highest BCUT2D eigenvalue weighted by Crippen LogP contribution is 2.26. The van der Waals surface area contributed by atoms with E-state index in [0.29, 0.717) is 0 Å². The van der Waals surface area contributed by atoms with E-state index in [1.165, 1.54) is 26.2 Å². The maximum absolute atomic E-state index is 13.6. The van der Waals surface area contributed by atoms with Crippen LogP contribution in [0.2, 0.25) is 0 Å². The summed E-state index contributed by atoms with van der Waals surface area (Å²) in [6, 6.07) is 1.90. The summed E-state index contributed by atoms with van der Waals surface area (Å²) in [6.45, 7) is -0.167. The molecule has 0 unspecified atom stereocenters. The van der Waals surface area contributed by atoms with Crippen LogP contribution in [0.1, 0.15) is 0 Å². The van der Waals surface area contributed by atoms with Crippen LogP contribution >= 0.6 is 0 Å². The molecule has 0 heterocycles. The number of benzene rings is 1. The number of nitrogens with zero attached hydrogens (tertiary/aromatic N) is 1. The van der Waals surface area contributed by atoms with Gasteiger partial charge in [0, 0.05) is 19.2 Å². The average Bonchev–Trinajstić information content (AvgIpc) is 2.31. The Balaban J connectivity index is 2.98. The van der Waals surface area contributed by atoms with Crippen molar-refractivity contribution in [1.82, 2.24) is 0 Å². The third-order valence-electron chi connectivity index (χ3n) is 2.23. The lowest BCUT2D eigenvalue weighted by atomic mass is 10.2.